The zero-order valence-corrected chi connectivity index (χ0v) is 18.5. The van der Waals surface area contributed by atoms with Crippen molar-refractivity contribution in [3.05, 3.63) is 29.8 Å². The van der Waals surface area contributed by atoms with E-state index in [1.807, 2.05) is 36.9 Å². The van der Waals surface area contributed by atoms with E-state index in [4.69, 9.17) is 4.74 Å². The fraction of sp³-hybridized carbons (Fsp3) is 0.682. The number of carbonyl (C=O) groups is 1. The molecule has 0 saturated carbocycles. The van der Waals surface area contributed by atoms with Crippen LogP contribution in [-0.2, 0) is 21.2 Å². The van der Waals surface area contributed by atoms with Gasteiger partial charge in [-0.15, -0.1) is 0 Å². The second-order valence-electron chi connectivity index (χ2n) is 8.31. The molecule has 29 heavy (non-hydrogen) atoms. The molecule has 2 aliphatic rings. The molecule has 1 amide bonds. The molecular formula is C22H34N2O4S. The highest BCUT2D eigenvalue weighted by atomic mass is 32.2. The summed E-state index contributed by atoms with van der Waals surface area (Å²) in [5, 5.41) is 0. The van der Waals surface area contributed by atoms with Crippen LogP contribution in [-0.4, -0.2) is 68.4 Å². The van der Waals surface area contributed by atoms with Crippen LogP contribution in [0.3, 0.4) is 0 Å². The number of sulfone groups is 1. The van der Waals surface area contributed by atoms with Crippen molar-refractivity contribution >= 4 is 15.7 Å². The van der Waals surface area contributed by atoms with E-state index in [1.165, 1.54) is 0 Å². The van der Waals surface area contributed by atoms with Crippen LogP contribution in [0.15, 0.2) is 24.3 Å². The molecule has 0 bridgehead atoms. The Kier molecular flexibility index (Phi) is 7.57. The molecule has 1 aromatic carbocycles. The van der Waals surface area contributed by atoms with E-state index in [0.717, 1.165) is 56.9 Å². The normalized spacial score (nSPS) is 24.3. The lowest BCUT2D eigenvalue weighted by molar-refractivity contribution is -0.137. The molecule has 0 aliphatic carbocycles. The van der Waals surface area contributed by atoms with Crippen LogP contribution < -0.4 is 4.74 Å². The maximum atomic E-state index is 12.7. The van der Waals surface area contributed by atoms with Crippen LogP contribution >= 0.6 is 0 Å². The van der Waals surface area contributed by atoms with Gasteiger partial charge in [-0.05, 0) is 57.4 Å². The summed E-state index contributed by atoms with van der Waals surface area (Å²) in [5.41, 5.74) is 1.16. The van der Waals surface area contributed by atoms with Crippen molar-refractivity contribution in [1.29, 1.82) is 0 Å². The van der Waals surface area contributed by atoms with Crippen molar-refractivity contribution in [2.24, 2.45) is 11.8 Å². The van der Waals surface area contributed by atoms with E-state index in [-0.39, 0.29) is 29.2 Å². The average Bonchev–Trinajstić information content (AvgIpc) is 3.06. The first-order valence-corrected chi connectivity index (χ1v) is 12.7. The van der Waals surface area contributed by atoms with Crippen molar-refractivity contribution in [1.82, 2.24) is 9.80 Å². The number of hydrogen-bond acceptors (Lipinski definition) is 5. The predicted octanol–water partition coefficient (Wildman–Crippen LogP) is 2.58. The lowest BCUT2D eigenvalue weighted by Gasteiger charge is -2.34. The van der Waals surface area contributed by atoms with Crippen LogP contribution in [0.1, 0.15) is 38.7 Å². The lowest BCUT2D eigenvalue weighted by Crippen LogP contribution is -2.44. The number of hydrogen-bond donors (Lipinski definition) is 0. The zero-order chi connectivity index (χ0) is 20.9. The van der Waals surface area contributed by atoms with Crippen molar-refractivity contribution in [3.63, 3.8) is 0 Å². The predicted molar refractivity (Wildman–Crippen MR) is 115 cm³/mol. The summed E-state index contributed by atoms with van der Waals surface area (Å²) in [6.45, 7) is 8.68. The standard InChI is InChI=1S/C22H34N2O4S/c1-3-24(4-2)22(25)20-8-6-11-23(15-20)14-18-7-5-9-21(13-18)28-16-19-10-12-29(26,27)17-19/h5,7,9,13,19-20H,3-4,6,8,10-12,14-17H2,1-2H3. The third-order valence-electron chi connectivity index (χ3n) is 6.05. The van der Waals surface area contributed by atoms with E-state index in [9.17, 15) is 13.2 Å². The van der Waals surface area contributed by atoms with Crippen molar-refractivity contribution in [2.75, 3.05) is 44.3 Å². The van der Waals surface area contributed by atoms with Gasteiger partial charge >= 0.3 is 0 Å². The first-order chi connectivity index (χ1) is 13.9. The summed E-state index contributed by atoms with van der Waals surface area (Å²) in [6.07, 6.45) is 2.71. The largest absolute Gasteiger partial charge is 0.493 e. The van der Waals surface area contributed by atoms with E-state index >= 15 is 0 Å². The number of rotatable bonds is 8. The van der Waals surface area contributed by atoms with Gasteiger partial charge in [-0.3, -0.25) is 9.69 Å². The minimum absolute atomic E-state index is 0.0902. The number of ether oxygens (including phenoxy) is 1. The minimum atomic E-state index is -2.87. The molecule has 0 N–H and O–H groups in total. The summed E-state index contributed by atoms with van der Waals surface area (Å²) in [4.78, 5) is 17.0. The Morgan fingerprint density at radius 2 is 2.03 bits per heavy atom. The first kappa shape index (κ1) is 22.1. The average molecular weight is 423 g/mol. The monoisotopic (exact) mass is 422 g/mol. The molecule has 7 heteroatoms. The fourth-order valence-corrected chi connectivity index (χ4v) is 6.24. The topological polar surface area (TPSA) is 66.9 Å². The molecule has 0 radical (unpaired) electrons. The molecule has 0 spiro atoms. The van der Waals surface area contributed by atoms with E-state index in [2.05, 4.69) is 11.0 Å². The van der Waals surface area contributed by atoms with Crippen LogP contribution in [0.4, 0.5) is 0 Å². The van der Waals surface area contributed by atoms with E-state index < -0.39 is 9.84 Å². The molecule has 2 fully saturated rings. The highest BCUT2D eigenvalue weighted by Crippen LogP contribution is 2.24. The van der Waals surface area contributed by atoms with Crippen molar-refractivity contribution in [3.8, 4) is 5.75 Å². The van der Waals surface area contributed by atoms with Crippen LogP contribution in [0, 0.1) is 11.8 Å². The maximum absolute atomic E-state index is 12.7. The Bertz CT molecular complexity index is 792. The summed E-state index contributed by atoms with van der Waals surface area (Å²) < 4.78 is 29.1. The van der Waals surface area contributed by atoms with E-state index in [1.54, 1.807) is 0 Å². The van der Waals surface area contributed by atoms with Gasteiger partial charge in [0.05, 0.1) is 24.0 Å². The van der Waals surface area contributed by atoms with Gasteiger partial charge in [-0.2, -0.15) is 0 Å². The van der Waals surface area contributed by atoms with Gasteiger partial charge in [-0.25, -0.2) is 8.42 Å². The molecule has 162 valence electrons. The van der Waals surface area contributed by atoms with Gasteiger partial charge in [0.1, 0.15) is 5.75 Å². The Balaban J connectivity index is 1.53. The Morgan fingerprint density at radius 1 is 1.24 bits per heavy atom. The molecular weight excluding hydrogens is 388 g/mol. The molecule has 6 nitrogen and oxygen atoms in total. The molecule has 2 saturated heterocycles. The van der Waals surface area contributed by atoms with Crippen molar-refractivity contribution in [2.45, 2.75) is 39.7 Å². The van der Waals surface area contributed by atoms with Gasteiger partial charge < -0.3 is 9.64 Å². The summed E-state index contributed by atoms with van der Waals surface area (Å²) >= 11 is 0. The second-order valence-corrected chi connectivity index (χ2v) is 10.5. The second kappa shape index (κ2) is 9.94. The molecule has 3 rings (SSSR count). The summed E-state index contributed by atoms with van der Waals surface area (Å²) in [6, 6.07) is 8.04. The minimum Gasteiger partial charge on any atom is -0.493 e. The number of nitrogens with zero attached hydrogens (tertiary/aromatic N) is 2. The van der Waals surface area contributed by atoms with Crippen molar-refractivity contribution < 1.29 is 17.9 Å². The van der Waals surface area contributed by atoms with Gasteiger partial charge in [-0.1, -0.05) is 12.1 Å². The Hall–Kier alpha value is -1.60. The zero-order valence-electron chi connectivity index (χ0n) is 17.7. The van der Waals surface area contributed by atoms with Crippen LogP contribution in [0.5, 0.6) is 5.75 Å². The molecule has 1 aromatic rings. The number of likely N-dealkylation sites (tertiary alicyclic amines) is 1. The summed E-state index contributed by atoms with van der Waals surface area (Å²) in [7, 11) is -2.87. The van der Waals surface area contributed by atoms with Crippen LogP contribution in [0.25, 0.3) is 0 Å². The SMILES string of the molecule is CCN(CC)C(=O)C1CCCN(Cc2cccc(OCC3CCS(=O)(=O)C3)c2)C1. The van der Waals surface area contributed by atoms with Crippen LogP contribution in [0.2, 0.25) is 0 Å². The third-order valence-corrected chi connectivity index (χ3v) is 7.88. The van der Waals surface area contributed by atoms with E-state index in [0.29, 0.717) is 13.0 Å². The summed E-state index contributed by atoms with van der Waals surface area (Å²) in [5.74, 6) is 1.78. The van der Waals surface area contributed by atoms with Gasteiger partial charge in [0.2, 0.25) is 5.91 Å². The lowest BCUT2D eigenvalue weighted by atomic mass is 9.96. The van der Waals surface area contributed by atoms with Gasteiger partial charge in [0.25, 0.3) is 0 Å². The Morgan fingerprint density at radius 3 is 2.72 bits per heavy atom. The quantitative estimate of drug-likeness (QED) is 0.644. The third kappa shape index (κ3) is 6.19. The molecule has 2 unspecified atom stereocenters. The Labute approximate surface area is 175 Å². The first-order valence-electron chi connectivity index (χ1n) is 10.8. The van der Waals surface area contributed by atoms with Gasteiger partial charge in [0.15, 0.2) is 9.84 Å². The van der Waals surface area contributed by atoms with Gasteiger partial charge in [0, 0.05) is 32.1 Å². The number of piperidine rings is 1. The molecule has 2 atom stereocenters. The molecule has 2 aliphatic heterocycles. The smallest absolute Gasteiger partial charge is 0.226 e. The molecule has 2 heterocycles. The highest BCUT2D eigenvalue weighted by Gasteiger charge is 2.29. The number of amides is 1. The number of carbonyl (C=O) groups excluding carboxylic acids is 1. The maximum Gasteiger partial charge on any atom is 0.226 e. The number of benzene rings is 1. The molecule has 0 aromatic heterocycles. The highest BCUT2D eigenvalue weighted by molar-refractivity contribution is 7.91. The fourth-order valence-electron chi connectivity index (χ4n) is 4.40.